The van der Waals surface area contributed by atoms with E-state index in [4.69, 9.17) is 0 Å². The van der Waals surface area contributed by atoms with Crippen LogP contribution in [-0.4, -0.2) is 10.8 Å². The van der Waals surface area contributed by atoms with Crippen LogP contribution in [0.15, 0.2) is 53.6 Å². The molecule has 0 radical (unpaired) electrons. The molecule has 0 unspecified atom stereocenters. The summed E-state index contributed by atoms with van der Waals surface area (Å²) in [6, 6.07) is 14.1. The third-order valence-corrected chi connectivity index (χ3v) is 3.64. The SMILES string of the molecule is CCC(=O)c1ccc(SCc2ccccc2)cn1. The van der Waals surface area contributed by atoms with Crippen molar-refractivity contribution < 1.29 is 4.79 Å². The van der Waals surface area contributed by atoms with Crippen molar-refractivity contribution in [2.75, 3.05) is 0 Å². The molecule has 0 amide bonds. The Balaban J connectivity index is 1.97. The lowest BCUT2D eigenvalue weighted by Gasteiger charge is -2.02. The second-order valence-electron chi connectivity index (χ2n) is 3.93. The number of pyridine rings is 1. The Kier molecular flexibility index (Phi) is 4.53. The quantitative estimate of drug-likeness (QED) is 0.599. The zero-order valence-corrected chi connectivity index (χ0v) is 11.1. The summed E-state index contributed by atoms with van der Waals surface area (Å²) in [4.78, 5) is 16.7. The van der Waals surface area contributed by atoms with Crippen molar-refractivity contribution in [3.05, 3.63) is 59.9 Å². The molecule has 0 fully saturated rings. The summed E-state index contributed by atoms with van der Waals surface area (Å²) in [5.41, 5.74) is 1.85. The normalized spacial score (nSPS) is 10.3. The van der Waals surface area contributed by atoms with Crippen LogP contribution in [0.1, 0.15) is 29.4 Å². The van der Waals surface area contributed by atoms with Crippen LogP contribution in [0.3, 0.4) is 0 Å². The van der Waals surface area contributed by atoms with Gasteiger partial charge in [0.15, 0.2) is 5.78 Å². The van der Waals surface area contributed by atoms with Crippen LogP contribution in [0.4, 0.5) is 0 Å². The predicted molar refractivity (Wildman–Crippen MR) is 74.9 cm³/mol. The molecule has 0 aliphatic rings. The summed E-state index contributed by atoms with van der Waals surface area (Å²) in [6.07, 6.45) is 2.28. The fourth-order valence-corrected chi connectivity index (χ4v) is 2.37. The maximum Gasteiger partial charge on any atom is 0.180 e. The number of Topliss-reactive ketones (excluding diaryl/α,β-unsaturated/α-hetero) is 1. The van der Waals surface area contributed by atoms with E-state index in [2.05, 4.69) is 17.1 Å². The molecular formula is C15H15NOS. The highest BCUT2D eigenvalue weighted by Crippen LogP contribution is 2.22. The van der Waals surface area contributed by atoms with Gasteiger partial charge < -0.3 is 0 Å². The minimum atomic E-state index is 0.0922. The van der Waals surface area contributed by atoms with Crippen LogP contribution < -0.4 is 0 Å². The molecule has 0 saturated heterocycles. The van der Waals surface area contributed by atoms with E-state index in [1.165, 1.54) is 5.56 Å². The number of thioether (sulfide) groups is 1. The van der Waals surface area contributed by atoms with E-state index < -0.39 is 0 Å². The van der Waals surface area contributed by atoms with Gasteiger partial charge >= 0.3 is 0 Å². The van der Waals surface area contributed by atoms with E-state index in [-0.39, 0.29) is 5.78 Å². The van der Waals surface area contributed by atoms with Gasteiger partial charge in [0.1, 0.15) is 5.69 Å². The number of nitrogens with zero attached hydrogens (tertiary/aromatic N) is 1. The van der Waals surface area contributed by atoms with Gasteiger partial charge in [0.05, 0.1) is 0 Å². The summed E-state index contributed by atoms with van der Waals surface area (Å²) in [5.74, 6) is 1.01. The number of hydrogen-bond acceptors (Lipinski definition) is 3. The van der Waals surface area contributed by atoms with Gasteiger partial charge in [-0.1, -0.05) is 37.3 Å². The highest BCUT2D eigenvalue weighted by atomic mass is 32.2. The molecule has 0 atom stereocenters. The standard InChI is InChI=1S/C15H15NOS/c1-2-15(17)14-9-8-13(10-16-14)18-11-12-6-4-3-5-7-12/h3-10H,2,11H2,1H3. The van der Waals surface area contributed by atoms with Crippen molar-refractivity contribution in [2.24, 2.45) is 0 Å². The molecular weight excluding hydrogens is 242 g/mol. The molecule has 0 saturated carbocycles. The van der Waals surface area contributed by atoms with Crippen LogP contribution in [0.25, 0.3) is 0 Å². The molecule has 1 aromatic carbocycles. The monoisotopic (exact) mass is 257 g/mol. The van der Waals surface area contributed by atoms with Crippen molar-refractivity contribution >= 4 is 17.5 Å². The van der Waals surface area contributed by atoms with Gasteiger partial charge in [-0.2, -0.15) is 0 Å². The number of rotatable bonds is 5. The van der Waals surface area contributed by atoms with Crippen LogP contribution in [0, 0.1) is 0 Å². The summed E-state index contributed by atoms with van der Waals surface area (Å²) in [5, 5.41) is 0. The van der Waals surface area contributed by atoms with Crippen LogP contribution in [-0.2, 0) is 5.75 Å². The molecule has 2 aromatic rings. The molecule has 18 heavy (non-hydrogen) atoms. The fourth-order valence-electron chi connectivity index (χ4n) is 1.55. The first-order valence-corrected chi connectivity index (χ1v) is 6.94. The minimum Gasteiger partial charge on any atom is -0.292 e. The lowest BCUT2D eigenvalue weighted by atomic mass is 10.2. The Morgan fingerprint density at radius 2 is 1.94 bits per heavy atom. The Hall–Kier alpha value is -1.61. The average molecular weight is 257 g/mol. The van der Waals surface area contributed by atoms with Crippen LogP contribution in [0.2, 0.25) is 0 Å². The van der Waals surface area contributed by atoms with E-state index in [0.29, 0.717) is 12.1 Å². The van der Waals surface area contributed by atoms with Gasteiger partial charge in [-0.15, -0.1) is 11.8 Å². The largest absolute Gasteiger partial charge is 0.292 e. The maximum absolute atomic E-state index is 11.4. The fraction of sp³-hybridized carbons (Fsp3) is 0.200. The molecule has 3 heteroatoms. The third-order valence-electron chi connectivity index (χ3n) is 2.59. The van der Waals surface area contributed by atoms with Gasteiger partial charge in [-0.3, -0.25) is 9.78 Å². The molecule has 92 valence electrons. The molecule has 1 aromatic heterocycles. The molecule has 0 N–H and O–H groups in total. The zero-order valence-electron chi connectivity index (χ0n) is 10.3. The van der Waals surface area contributed by atoms with E-state index >= 15 is 0 Å². The topological polar surface area (TPSA) is 30.0 Å². The minimum absolute atomic E-state index is 0.0922. The first-order chi connectivity index (χ1) is 8.79. The van der Waals surface area contributed by atoms with Crippen molar-refractivity contribution in [3.8, 4) is 0 Å². The second-order valence-corrected chi connectivity index (χ2v) is 4.98. The van der Waals surface area contributed by atoms with E-state index in [1.807, 2.05) is 31.2 Å². The van der Waals surface area contributed by atoms with Gasteiger partial charge in [0.25, 0.3) is 0 Å². The van der Waals surface area contributed by atoms with Crippen molar-refractivity contribution in [1.82, 2.24) is 4.98 Å². The van der Waals surface area contributed by atoms with Crippen LogP contribution >= 0.6 is 11.8 Å². The number of ketones is 1. The molecule has 0 bridgehead atoms. The molecule has 0 aliphatic heterocycles. The predicted octanol–water partition coefficient (Wildman–Crippen LogP) is 3.97. The van der Waals surface area contributed by atoms with Crippen molar-refractivity contribution in [1.29, 1.82) is 0 Å². The van der Waals surface area contributed by atoms with Crippen LogP contribution in [0.5, 0.6) is 0 Å². The number of benzene rings is 1. The molecule has 2 rings (SSSR count). The first-order valence-electron chi connectivity index (χ1n) is 5.95. The van der Waals surface area contributed by atoms with Crippen molar-refractivity contribution in [3.63, 3.8) is 0 Å². The molecule has 0 aliphatic carbocycles. The Bertz CT molecular complexity index is 508. The lowest BCUT2D eigenvalue weighted by molar-refractivity contribution is 0.0983. The maximum atomic E-state index is 11.4. The zero-order chi connectivity index (χ0) is 12.8. The smallest absolute Gasteiger partial charge is 0.180 e. The first kappa shape index (κ1) is 12.8. The number of hydrogen-bond donors (Lipinski definition) is 0. The Morgan fingerprint density at radius 3 is 2.56 bits per heavy atom. The van der Waals surface area contributed by atoms with E-state index in [9.17, 15) is 4.79 Å². The molecule has 1 heterocycles. The van der Waals surface area contributed by atoms with Gasteiger partial charge in [0.2, 0.25) is 0 Å². The van der Waals surface area contributed by atoms with Gasteiger partial charge in [0, 0.05) is 23.3 Å². The van der Waals surface area contributed by atoms with Gasteiger partial charge in [-0.25, -0.2) is 0 Å². The molecule has 0 spiro atoms. The Labute approximate surface area is 111 Å². The third kappa shape index (κ3) is 3.44. The number of carbonyl (C=O) groups is 1. The lowest BCUT2D eigenvalue weighted by Crippen LogP contribution is -1.99. The summed E-state index contributed by atoms with van der Waals surface area (Å²) >= 11 is 1.73. The van der Waals surface area contributed by atoms with E-state index in [0.717, 1.165) is 10.6 Å². The van der Waals surface area contributed by atoms with Gasteiger partial charge in [-0.05, 0) is 17.7 Å². The van der Waals surface area contributed by atoms with Crippen molar-refractivity contribution in [2.45, 2.75) is 24.0 Å². The summed E-state index contributed by atoms with van der Waals surface area (Å²) < 4.78 is 0. The highest BCUT2D eigenvalue weighted by Gasteiger charge is 2.04. The Morgan fingerprint density at radius 1 is 1.17 bits per heavy atom. The average Bonchev–Trinajstić information content (AvgIpc) is 2.46. The van der Waals surface area contributed by atoms with E-state index in [1.54, 1.807) is 24.0 Å². The summed E-state index contributed by atoms with van der Waals surface area (Å²) in [6.45, 7) is 1.85. The molecule has 2 nitrogen and oxygen atoms in total. The second kappa shape index (κ2) is 6.36. The summed E-state index contributed by atoms with van der Waals surface area (Å²) in [7, 11) is 0. The number of aromatic nitrogens is 1. The highest BCUT2D eigenvalue weighted by molar-refractivity contribution is 7.98. The number of carbonyl (C=O) groups excluding carboxylic acids is 1.